The van der Waals surface area contributed by atoms with Crippen LogP contribution in [-0.2, 0) is 11.8 Å². The van der Waals surface area contributed by atoms with Crippen molar-refractivity contribution in [2.45, 2.75) is 44.4 Å². The summed E-state index contributed by atoms with van der Waals surface area (Å²) in [6.07, 6.45) is 11.8. The lowest BCUT2D eigenvalue weighted by atomic mass is 9.95. The Labute approximate surface area is 152 Å². The zero-order chi connectivity index (χ0) is 17.9. The Morgan fingerprint density at radius 2 is 2.12 bits per heavy atom. The smallest absolute Gasteiger partial charge is 0.250 e. The second-order valence-electron chi connectivity index (χ2n) is 7.33. The molecule has 1 aliphatic carbocycles. The van der Waals surface area contributed by atoms with E-state index in [4.69, 9.17) is 4.52 Å². The predicted octanol–water partition coefficient (Wildman–Crippen LogP) is 2.26. The zero-order valence-electron chi connectivity index (χ0n) is 15.0. The third-order valence-electron chi connectivity index (χ3n) is 5.29. The minimum atomic E-state index is 0.150. The Morgan fingerprint density at radius 3 is 2.88 bits per heavy atom. The van der Waals surface area contributed by atoms with E-state index in [1.165, 1.54) is 25.7 Å². The molecule has 2 aromatic rings. The van der Waals surface area contributed by atoms with Crippen LogP contribution in [0.25, 0.3) is 12.2 Å². The van der Waals surface area contributed by atoms with E-state index in [1.807, 2.05) is 11.9 Å². The molecule has 26 heavy (non-hydrogen) atoms. The quantitative estimate of drug-likeness (QED) is 0.816. The van der Waals surface area contributed by atoms with Gasteiger partial charge in [0.05, 0.1) is 6.20 Å². The van der Waals surface area contributed by atoms with Crippen molar-refractivity contribution in [3.8, 4) is 0 Å². The highest BCUT2D eigenvalue weighted by Crippen LogP contribution is 2.30. The molecular formula is C18H24N6O2. The van der Waals surface area contributed by atoms with E-state index in [-0.39, 0.29) is 11.8 Å². The summed E-state index contributed by atoms with van der Waals surface area (Å²) in [6.45, 7) is 1.58. The highest BCUT2D eigenvalue weighted by Gasteiger charge is 2.31. The Morgan fingerprint density at radius 1 is 1.27 bits per heavy atom. The van der Waals surface area contributed by atoms with Gasteiger partial charge in [-0.2, -0.15) is 4.98 Å². The van der Waals surface area contributed by atoms with Crippen molar-refractivity contribution in [2.24, 2.45) is 13.0 Å². The maximum atomic E-state index is 12.3. The lowest BCUT2D eigenvalue weighted by Gasteiger charge is -2.33. The molecule has 0 spiro atoms. The summed E-state index contributed by atoms with van der Waals surface area (Å²) in [5.74, 6) is 2.21. The molecule has 1 unspecified atom stereocenters. The molecule has 1 saturated heterocycles. The molecule has 0 radical (unpaired) electrons. The van der Waals surface area contributed by atoms with Crippen molar-refractivity contribution in [2.75, 3.05) is 13.1 Å². The number of amides is 1. The minimum Gasteiger partial charge on any atom is -0.342 e. The number of hydrogen-bond acceptors (Lipinski definition) is 6. The molecule has 1 saturated carbocycles. The average Bonchev–Trinajstić information content (AvgIpc) is 3.37. The van der Waals surface area contributed by atoms with E-state index in [0.717, 1.165) is 18.7 Å². The number of rotatable bonds is 5. The van der Waals surface area contributed by atoms with Crippen LogP contribution in [0.5, 0.6) is 0 Å². The van der Waals surface area contributed by atoms with E-state index in [0.29, 0.717) is 30.6 Å². The molecule has 3 heterocycles. The van der Waals surface area contributed by atoms with Gasteiger partial charge >= 0.3 is 0 Å². The molecule has 0 bridgehead atoms. The van der Waals surface area contributed by atoms with Crippen LogP contribution in [0.3, 0.4) is 0 Å². The monoisotopic (exact) mass is 356 g/mol. The first kappa shape index (κ1) is 16.9. The van der Waals surface area contributed by atoms with Gasteiger partial charge in [-0.05, 0) is 31.3 Å². The fourth-order valence-electron chi connectivity index (χ4n) is 3.89. The summed E-state index contributed by atoms with van der Waals surface area (Å²) in [4.78, 5) is 18.8. The topological polar surface area (TPSA) is 89.9 Å². The van der Waals surface area contributed by atoms with Crippen LogP contribution in [0, 0.1) is 5.92 Å². The first-order chi connectivity index (χ1) is 12.7. The lowest BCUT2D eigenvalue weighted by molar-refractivity contribution is -0.134. The molecule has 4 rings (SSSR count). The fraction of sp³-hybridized carbons (Fsp3) is 0.611. The first-order valence-electron chi connectivity index (χ1n) is 9.33. The van der Waals surface area contributed by atoms with Crippen molar-refractivity contribution in [3.05, 3.63) is 23.6 Å². The second kappa shape index (κ2) is 7.39. The van der Waals surface area contributed by atoms with E-state index in [9.17, 15) is 4.79 Å². The minimum absolute atomic E-state index is 0.150. The number of hydrogen-bond donors (Lipinski definition) is 0. The number of aryl methyl sites for hydroxylation is 1. The number of piperidine rings is 1. The zero-order valence-corrected chi connectivity index (χ0v) is 15.0. The van der Waals surface area contributed by atoms with Gasteiger partial charge in [-0.25, -0.2) is 0 Å². The molecule has 138 valence electrons. The molecule has 1 amide bonds. The molecule has 2 aromatic heterocycles. The van der Waals surface area contributed by atoms with Gasteiger partial charge in [0.2, 0.25) is 5.91 Å². The van der Waals surface area contributed by atoms with Gasteiger partial charge in [-0.15, -0.1) is 5.10 Å². The molecular weight excluding hydrogens is 332 g/mol. The van der Waals surface area contributed by atoms with Gasteiger partial charge in [-0.1, -0.05) is 23.2 Å². The predicted molar refractivity (Wildman–Crippen MR) is 94.7 cm³/mol. The summed E-state index contributed by atoms with van der Waals surface area (Å²) in [5, 5.41) is 12.0. The van der Waals surface area contributed by atoms with E-state index in [2.05, 4.69) is 20.5 Å². The van der Waals surface area contributed by atoms with E-state index in [1.54, 1.807) is 23.0 Å². The van der Waals surface area contributed by atoms with Crippen LogP contribution in [0.1, 0.15) is 61.9 Å². The lowest BCUT2D eigenvalue weighted by Crippen LogP contribution is -2.41. The van der Waals surface area contributed by atoms with Crippen molar-refractivity contribution in [1.29, 1.82) is 0 Å². The molecule has 2 fully saturated rings. The van der Waals surface area contributed by atoms with Gasteiger partial charge in [0.1, 0.15) is 5.69 Å². The summed E-state index contributed by atoms with van der Waals surface area (Å²) in [7, 11) is 1.82. The summed E-state index contributed by atoms with van der Waals surface area (Å²) < 4.78 is 6.97. The Balaban J connectivity index is 1.39. The molecule has 1 atom stereocenters. The molecule has 8 heteroatoms. The summed E-state index contributed by atoms with van der Waals surface area (Å²) >= 11 is 0. The van der Waals surface area contributed by atoms with Gasteiger partial charge < -0.3 is 9.42 Å². The van der Waals surface area contributed by atoms with Gasteiger partial charge in [-0.3, -0.25) is 9.48 Å². The largest absolute Gasteiger partial charge is 0.342 e. The Hall–Kier alpha value is -2.51. The van der Waals surface area contributed by atoms with Crippen LogP contribution in [0.15, 0.2) is 10.7 Å². The van der Waals surface area contributed by atoms with Crippen molar-refractivity contribution >= 4 is 18.1 Å². The normalized spacial score (nSPS) is 22.0. The van der Waals surface area contributed by atoms with Crippen LogP contribution in [0.2, 0.25) is 0 Å². The summed E-state index contributed by atoms with van der Waals surface area (Å²) in [5.41, 5.74) is 0.734. The molecule has 1 aliphatic heterocycles. The molecule has 2 aliphatic rings. The number of aromatic nitrogens is 5. The fourth-order valence-corrected chi connectivity index (χ4v) is 3.89. The maximum absolute atomic E-state index is 12.3. The highest BCUT2D eigenvalue weighted by molar-refractivity contribution is 5.77. The van der Waals surface area contributed by atoms with Crippen molar-refractivity contribution in [3.63, 3.8) is 0 Å². The standard InChI is InChI=1S/C18H24N6O2/c1-23-12-15(20-22-23)7-8-16-19-18(21-26-16)14-6-9-17(25)24(11-14)10-13-4-2-3-5-13/h7-8,12-14H,2-6,9-11H2,1H3/b8-7+. The Bertz CT molecular complexity index is 789. The Kier molecular flexibility index (Phi) is 4.81. The van der Waals surface area contributed by atoms with E-state index >= 15 is 0 Å². The SMILES string of the molecule is Cn1cc(/C=C/c2nc(C3CCC(=O)N(CC4CCCC4)C3)no2)nn1. The van der Waals surface area contributed by atoms with Gasteiger partial charge in [0.15, 0.2) is 5.82 Å². The van der Waals surface area contributed by atoms with Crippen LogP contribution >= 0.6 is 0 Å². The number of carbonyl (C=O) groups is 1. The first-order valence-corrected chi connectivity index (χ1v) is 9.33. The highest BCUT2D eigenvalue weighted by atomic mass is 16.5. The summed E-state index contributed by atoms with van der Waals surface area (Å²) in [6, 6.07) is 0. The third kappa shape index (κ3) is 3.84. The third-order valence-corrected chi connectivity index (χ3v) is 5.29. The molecule has 8 nitrogen and oxygen atoms in total. The number of likely N-dealkylation sites (tertiary alicyclic amines) is 1. The molecule has 0 aromatic carbocycles. The number of carbonyl (C=O) groups excluding carboxylic acids is 1. The van der Waals surface area contributed by atoms with Gasteiger partial charge in [0.25, 0.3) is 5.89 Å². The van der Waals surface area contributed by atoms with Crippen molar-refractivity contribution in [1.82, 2.24) is 30.0 Å². The van der Waals surface area contributed by atoms with Crippen LogP contribution < -0.4 is 0 Å². The molecule has 0 N–H and O–H groups in total. The van der Waals surface area contributed by atoms with E-state index < -0.39 is 0 Å². The van der Waals surface area contributed by atoms with Crippen LogP contribution in [-0.4, -0.2) is 49.0 Å². The number of nitrogens with zero attached hydrogens (tertiary/aromatic N) is 6. The average molecular weight is 356 g/mol. The maximum Gasteiger partial charge on any atom is 0.250 e. The van der Waals surface area contributed by atoms with Crippen molar-refractivity contribution < 1.29 is 9.32 Å². The van der Waals surface area contributed by atoms with Crippen LogP contribution in [0.4, 0.5) is 0 Å². The second-order valence-corrected chi connectivity index (χ2v) is 7.33. The van der Waals surface area contributed by atoms with Gasteiger partial charge in [0, 0.05) is 38.6 Å².